The Hall–Kier alpha value is -3.81. The number of anilines is 2. The summed E-state index contributed by atoms with van der Waals surface area (Å²) in [4.78, 5) is 12.8. The van der Waals surface area contributed by atoms with Crippen LogP contribution in [0.5, 0.6) is 5.75 Å². The molecule has 2 aromatic carbocycles. The predicted molar refractivity (Wildman–Crippen MR) is 141 cm³/mol. The zero-order chi connectivity index (χ0) is 26.6. The lowest BCUT2D eigenvalue weighted by Gasteiger charge is -2.19. The first-order chi connectivity index (χ1) is 18.5. The SMILES string of the molecule is NCCCOc1ccc(-c2cccc(CNc3nc4c(N)ncnc4n3[C@@H]3O[C@H](CO)[C@@H](O)[C@H]3O)c2)cc1. The number of hydrogen-bond donors (Lipinski definition) is 6. The minimum absolute atomic E-state index is 0.168. The van der Waals surface area contributed by atoms with Gasteiger partial charge in [0, 0.05) is 6.54 Å². The van der Waals surface area contributed by atoms with Crippen molar-refractivity contribution in [3.63, 3.8) is 0 Å². The zero-order valence-electron chi connectivity index (χ0n) is 20.6. The van der Waals surface area contributed by atoms with E-state index in [2.05, 4.69) is 26.3 Å². The summed E-state index contributed by atoms with van der Waals surface area (Å²) in [6.07, 6.45) is -2.48. The van der Waals surface area contributed by atoms with Gasteiger partial charge in [0.25, 0.3) is 0 Å². The molecule has 0 aliphatic carbocycles. The maximum absolute atomic E-state index is 10.7. The van der Waals surface area contributed by atoms with Crippen molar-refractivity contribution < 1.29 is 24.8 Å². The van der Waals surface area contributed by atoms with Gasteiger partial charge in [-0.25, -0.2) is 15.0 Å². The fourth-order valence-corrected chi connectivity index (χ4v) is 4.44. The number of hydrogen-bond acceptors (Lipinski definition) is 11. The zero-order valence-corrected chi connectivity index (χ0v) is 20.6. The van der Waals surface area contributed by atoms with Gasteiger partial charge >= 0.3 is 0 Å². The van der Waals surface area contributed by atoms with E-state index in [-0.39, 0.29) is 5.82 Å². The summed E-state index contributed by atoms with van der Waals surface area (Å²) < 4.78 is 13.0. The molecule has 5 rings (SSSR count). The third kappa shape index (κ3) is 5.12. The molecule has 4 aromatic rings. The first kappa shape index (κ1) is 25.8. The molecule has 200 valence electrons. The number of benzene rings is 2. The minimum Gasteiger partial charge on any atom is -0.494 e. The molecule has 1 fully saturated rings. The maximum atomic E-state index is 10.7. The first-order valence-electron chi connectivity index (χ1n) is 12.4. The van der Waals surface area contributed by atoms with E-state index in [9.17, 15) is 15.3 Å². The van der Waals surface area contributed by atoms with E-state index in [1.54, 1.807) is 0 Å². The Balaban J connectivity index is 1.38. The Bertz CT molecular complexity index is 1380. The molecule has 4 atom stereocenters. The molecule has 12 nitrogen and oxygen atoms in total. The summed E-state index contributed by atoms with van der Waals surface area (Å²) in [5.41, 5.74) is 15.3. The van der Waals surface area contributed by atoms with Crippen LogP contribution in [0.1, 0.15) is 18.2 Å². The van der Waals surface area contributed by atoms with Gasteiger partial charge < -0.3 is 41.6 Å². The highest BCUT2D eigenvalue weighted by Gasteiger charge is 2.45. The van der Waals surface area contributed by atoms with Crippen molar-refractivity contribution >= 4 is 22.9 Å². The van der Waals surface area contributed by atoms with Crippen LogP contribution in [0.3, 0.4) is 0 Å². The molecule has 1 aliphatic rings. The molecule has 2 aromatic heterocycles. The van der Waals surface area contributed by atoms with Gasteiger partial charge in [0.05, 0.1) is 13.2 Å². The van der Waals surface area contributed by atoms with Crippen molar-refractivity contribution in [1.29, 1.82) is 0 Å². The van der Waals surface area contributed by atoms with Crippen LogP contribution in [-0.4, -0.2) is 72.9 Å². The molecule has 0 unspecified atom stereocenters. The number of aliphatic hydroxyl groups is 3. The molecule has 3 heterocycles. The van der Waals surface area contributed by atoms with Gasteiger partial charge in [0.15, 0.2) is 23.2 Å². The molecule has 0 amide bonds. The number of nitrogen functional groups attached to an aromatic ring is 1. The number of rotatable bonds is 10. The number of aromatic nitrogens is 4. The Morgan fingerprint density at radius 3 is 2.61 bits per heavy atom. The second-order valence-electron chi connectivity index (χ2n) is 9.03. The van der Waals surface area contributed by atoms with Crippen molar-refractivity contribution in [2.24, 2.45) is 5.73 Å². The molecule has 8 N–H and O–H groups in total. The molecule has 0 saturated carbocycles. The fraction of sp³-hybridized carbons (Fsp3) is 0.346. The number of aliphatic hydroxyl groups excluding tert-OH is 3. The Kier molecular flexibility index (Phi) is 7.67. The topological polar surface area (TPSA) is 187 Å². The molecule has 1 saturated heterocycles. The molecule has 0 spiro atoms. The van der Waals surface area contributed by atoms with Crippen molar-refractivity contribution in [3.8, 4) is 16.9 Å². The summed E-state index contributed by atoms with van der Waals surface area (Å²) in [6.45, 7) is 1.12. The molecule has 0 bridgehead atoms. The second-order valence-corrected chi connectivity index (χ2v) is 9.03. The van der Waals surface area contributed by atoms with Crippen molar-refractivity contribution in [2.75, 3.05) is 30.8 Å². The molecule has 0 radical (unpaired) electrons. The molecule has 1 aliphatic heterocycles. The normalized spacial score (nSPS) is 21.2. The van der Waals surface area contributed by atoms with Gasteiger partial charge in [-0.05, 0) is 47.9 Å². The van der Waals surface area contributed by atoms with E-state index in [4.69, 9.17) is 20.9 Å². The first-order valence-corrected chi connectivity index (χ1v) is 12.4. The summed E-state index contributed by atoms with van der Waals surface area (Å²) >= 11 is 0. The monoisotopic (exact) mass is 521 g/mol. The summed E-state index contributed by atoms with van der Waals surface area (Å²) in [5, 5.41) is 33.8. The van der Waals surface area contributed by atoms with E-state index in [1.807, 2.05) is 42.5 Å². The highest BCUT2D eigenvalue weighted by atomic mass is 16.6. The molecule has 38 heavy (non-hydrogen) atoms. The van der Waals surface area contributed by atoms with Crippen molar-refractivity contribution in [3.05, 3.63) is 60.4 Å². The third-order valence-corrected chi connectivity index (χ3v) is 6.46. The number of nitrogens with zero attached hydrogens (tertiary/aromatic N) is 4. The number of fused-ring (bicyclic) bond motifs is 1. The highest BCUT2D eigenvalue weighted by Crippen LogP contribution is 2.35. The van der Waals surface area contributed by atoms with Crippen LogP contribution in [0, 0.1) is 0 Å². The van der Waals surface area contributed by atoms with Gasteiger partial charge in [-0.2, -0.15) is 0 Å². The minimum atomic E-state index is -1.31. The van der Waals surface area contributed by atoms with Crippen LogP contribution < -0.4 is 21.5 Å². The number of nitrogens with two attached hydrogens (primary N) is 2. The fourth-order valence-electron chi connectivity index (χ4n) is 4.44. The van der Waals surface area contributed by atoms with E-state index in [0.29, 0.717) is 36.8 Å². The lowest BCUT2D eigenvalue weighted by Crippen LogP contribution is -2.33. The lowest BCUT2D eigenvalue weighted by molar-refractivity contribution is -0.0501. The molecule has 12 heteroatoms. The number of imidazole rings is 1. The average molecular weight is 522 g/mol. The summed E-state index contributed by atoms with van der Waals surface area (Å²) in [6, 6.07) is 15.9. The second kappa shape index (κ2) is 11.3. The number of ether oxygens (including phenoxy) is 2. The van der Waals surface area contributed by atoms with Gasteiger partial charge in [0.2, 0.25) is 5.95 Å². The van der Waals surface area contributed by atoms with Gasteiger partial charge in [-0.3, -0.25) is 4.57 Å². The van der Waals surface area contributed by atoms with Crippen LogP contribution in [0.2, 0.25) is 0 Å². The van der Waals surface area contributed by atoms with Crippen LogP contribution in [-0.2, 0) is 11.3 Å². The van der Waals surface area contributed by atoms with Gasteiger partial charge in [0.1, 0.15) is 30.4 Å². The standard InChI is InChI=1S/C26H31N7O5/c27-9-2-10-37-18-7-5-16(6-8-18)17-4-1-3-15(11-17)12-29-26-32-20-23(28)30-14-31-24(20)33(26)25-22(36)21(35)19(13-34)38-25/h1,3-8,11,14,19,21-22,25,34-36H,2,9-10,12-13,27H2,(H,29,32)(H2,28,30,31)/t19-,21-,22-,25-/m1/s1. The van der Waals surface area contributed by atoms with E-state index < -0.39 is 31.1 Å². The quantitative estimate of drug-likeness (QED) is 0.164. The Morgan fingerprint density at radius 1 is 1.05 bits per heavy atom. The lowest BCUT2D eigenvalue weighted by atomic mass is 10.0. The smallest absolute Gasteiger partial charge is 0.207 e. The van der Waals surface area contributed by atoms with Crippen LogP contribution in [0.25, 0.3) is 22.3 Å². The largest absolute Gasteiger partial charge is 0.494 e. The number of nitrogens with one attached hydrogen (secondary N) is 1. The van der Waals surface area contributed by atoms with Crippen molar-refractivity contribution in [1.82, 2.24) is 19.5 Å². The molecular weight excluding hydrogens is 490 g/mol. The molecular formula is C26H31N7O5. The Labute approximate surface area is 218 Å². The highest BCUT2D eigenvalue weighted by molar-refractivity contribution is 5.84. The van der Waals surface area contributed by atoms with E-state index in [0.717, 1.165) is 28.9 Å². The van der Waals surface area contributed by atoms with Crippen LogP contribution in [0.15, 0.2) is 54.9 Å². The predicted octanol–water partition coefficient (Wildman–Crippen LogP) is 1.03. The average Bonchev–Trinajstić information content (AvgIpc) is 3.45. The Morgan fingerprint density at radius 2 is 1.87 bits per heavy atom. The van der Waals surface area contributed by atoms with E-state index >= 15 is 0 Å². The maximum Gasteiger partial charge on any atom is 0.207 e. The summed E-state index contributed by atoms with van der Waals surface area (Å²) in [5.74, 6) is 1.29. The van der Waals surface area contributed by atoms with E-state index in [1.165, 1.54) is 10.9 Å². The van der Waals surface area contributed by atoms with Crippen LogP contribution in [0.4, 0.5) is 11.8 Å². The third-order valence-electron chi connectivity index (χ3n) is 6.46. The van der Waals surface area contributed by atoms with Crippen molar-refractivity contribution in [2.45, 2.75) is 37.5 Å². The van der Waals surface area contributed by atoms with Crippen LogP contribution >= 0.6 is 0 Å². The summed E-state index contributed by atoms with van der Waals surface area (Å²) in [7, 11) is 0. The van der Waals surface area contributed by atoms with Gasteiger partial charge in [-0.15, -0.1) is 0 Å². The van der Waals surface area contributed by atoms with Gasteiger partial charge in [-0.1, -0.05) is 30.3 Å².